The molecule has 0 aliphatic heterocycles. The molecule has 0 saturated carbocycles. The summed E-state index contributed by atoms with van der Waals surface area (Å²) in [6.45, 7) is 7.01. The fourth-order valence-electron chi connectivity index (χ4n) is 0.706. The Morgan fingerprint density at radius 3 is 1.92 bits per heavy atom. The van der Waals surface area contributed by atoms with Gasteiger partial charge in [0.05, 0.1) is 0 Å². The number of nitrogens with two attached hydrogens (primary N) is 1. The van der Waals surface area contributed by atoms with E-state index in [1.54, 1.807) is 0 Å². The van der Waals surface area contributed by atoms with Gasteiger partial charge in [-0.2, -0.15) is 0 Å². The SMILES string of the molecule is CCCNCCNCCN.O=[Si]=O. The van der Waals surface area contributed by atoms with Crippen LogP contribution in [-0.4, -0.2) is 42.0 Å². The van der Waals surface area contributed by atoms with Gasteiger partial charge in [-0.15, -0.1) is 0 Å². The topological polar surface area (TPSA) is 84.2 Å². The summed E-state index contributed by atoms with van der Waals surface area (Å²) in [7, 11) is -1.42. The van der Waals surface area contributed by atoms with Gasteiger partial charge in [0.25, 0.3) is 0 Å². The highest BCUT2D eigenvalue weighted by atomic mass is 28.2. The third-order valence-corrected chi connectivity index (χ3v) is 1.23. The maximum Gasteiger partial charge on any atom is 0.549 e. The molecule has 0 fully saturated rings. The van der Waals surface area contributed by atoms with Gasteiger partial charge in [0.1, 0.15) is 0 Å². The molecule has 4 N–H and O–H groups in total. The highest BCUT2D eigenvalue weighted by molar-refractivity contribution is 5.94. The molecule has 5 nitrogen and oxygen atoms in total. The van der Waals surface area contributed by atoms with E-state index in [0.717, 1.165) is 32.7 Å². The van der Waals surface area contributed by atoms with Crippen molar-refractivity contribution >= 4 is 9.29 Å². The van der Waals surface area contributed by atoms with E-state index in [9.17, 15) is 0 Å². The van der Waals surface area contributed by atoms with Gasteiger partial charge in [-0.3, -0.25) is 8.92 Å². The Morgan fingerprint density at radius 1 is 1.08 bits per heavy atom. The predicted octanol–water partition coefficient (Wildman–Crippen LogP) is -1.08. The highest BCUT2D eigenvalue weighted by Gasteiger charge is 1.83. The summed E-state index contributed by atoms with van der Waals surface area (Å²) in [4.78, 5) is 0. The van der Waals surface area contributed by atoms with Crippen molar-refractivity contribution in [1.29, 1.82) is 0 Å². The van der Waals surface area contributed by atoms with Gasteiger partial charge in [0.2, 0.25) is 0 Å². The molecule has 0 aliphatic rings. The first-order chi connectivity index (χ1) is 6.33. The minimum Gasteiger partial charge on any atom is -0.329 e. The van der Waals surface area contributed by atoms with E-state index in [0.29, 0.717) is 0 Å². The van der Waals surface area contributed by atoms with Crippen molar-refractivity contribution < 1.29 is 8.92 Å². The van der Waals surface area contributed by atoms with Crippen LogP contribution >= 0.6 is 0 Å². The van der Waals surface area contributed by atoms with Gasteiger partial charge in [0.15, 0.2) is 0 Å². The molecule has 0 amide bonds. The average molecular weight is 205 g/mol. The number of hydrogen-bond acceptors (Lipinski definition) is 5. The van der Waals surface area contributed by atoms with Crippen molar-refractivity contribution in [3.8, 4) is 0 Å². The van der Waals surface area contributed by atoms with Gasteiger partial charge in [-0.1, -0.05) is 6.92 Å². The van der Waals surface area contributed by atoms with E-state index in [-0.39, 0.29) is 0 Å². The minimum atomic E-state index is -1.42. The first-order valence-electron chi connectivity index (χ1n) is 4.44. The zero-order valence-electron chi connectivity index (χ0n) is 8.14. The van der Waals surface area contributed by atoms with E-state index in [1.165, 1.54) is 6.42 Å². The molecule has 0 unspecified atom stereocenters. The molecule has 0 rings (SSSR count). The maximum absolute atomic E-state index is 8.40. The van der Waals surface area contributed by atoms with Gasteiger partial charge < -0.3 is 16.4 Å². The Balaban J connectivity index is 0. The number of nitrogens with one attached hydrogen (secondary N) is 2. The Kier molecular flexibility index (Phi) is 20.7. The smallest absolute Gasteiger partial charge is 0.329 e. The van der Waals surface area contributed by atoms with Crippen LogP contribution in [0.25, 0.3) is 0 Å². The molecule has 0 heterocycles. The molecule has 0 radical (unpaired) electrons. The molecule has 0 saturated heterocycles. The van der Waals surface area contributed by atoms with Crippen LogP contribution in [0.4, 0.5) is 0 Å². The second kappa shape index (κ2) is 17.7. The van der Waals surface area contributed by atoms with E-state index < -0.39 is 9.29 Å². The molecular formula is C7H19N3O2Si. The van der Waals surface area contributed by atoms with Crippen molar-refractivity contribution in [3.05, 3.63) is 0 Å². The van der Waals surface area contributed by atoms with Gasteiger partial charge in [0, 0.05) is 26.2 Å². The van der Waals surface area contributed by atoms with Crippen LogP contribution in [0.15, 0.2) is 0 Å². The zero-order chi connectivity index (χ0) is 10.4. The Hall–Kier alpha value is -0.303. The molecule has 78 valence electrons. The van der Waals surface area contributed by atoms with E-state index in [2.05, 4.69) is 17.6 Å². The van der Waals surface area contributed by atoms with Crippen LogP contribution in [0.1, 0.15) is 13.3 Å². The van der Waals surface area contributed by atoms with Crippen molar-refractivity contribution in [3.63, 3.8) is 0 Å². The molecule has 0 aromatic heterocycles. The summed E-state index contributed by atoms with van der Waals surface area (Å²) in [5, 5.41) is 6.50. The van der Waals surface area contributed by atoms with E-state index in [1.807, 2.05) is 0 Å². The summed E-state index contributed by atoms with van der Waals surface area (Å²) in [6.07, 6.45) is 1.21. The third-order valence-electron chi connectivity index (χ3n) is 1.23. The first-order valence-corrected chi connectivity index (χ1v) is 5.25. The molecule has 0 spiro atoms. The van der Waals surface area contributed by atoms with Crippen molar-refractivity contribution in [1.82, 2.24) is 10.6 Å². The molecule has 13 heavy (non-hydrogen) atoms. The lowest BCUT2D eigenvalue weighted by molar-refractivity contribution is 0.497. The summed E-state index contributed by atoms with van der Waals surface area (Å²) >= 11 is 0. The monoisotopic (exact) mass is 205 g/mol. The standard InChI is InChI=1S/C7H19N3.O2Si/c1-2-4-9-6-7-10-5-3-8;1-3-2/h9-10H,2-8H2,1H3;. The summed E-state index contributed by atoms with van der Waals surface area (Å²) in [6, 6.07) is 0. The lowest BCUT2D eigenvalue weighted by Crippen LogP contribution is -2.30. The second-order valence-electron chi connectivity index (χ2n) is 2.37. The van der Waals surface area contributed by atoms with Crippen LogP contribution < -0.4 is 16.4 Å². The minimum absolute atomic E-state index is 0.730. The molecule has 0 atom stereocenters. The normalized spacial score (nSPS) is 8.46. The van der Waals surface area contributed by atoms with Gasteiger partial charge >= 0.3 is 9.29 Å². The summed E-state index contributed by atoms with van der Waals surface area (Å²) < 4.78 is 16.8. The fraction of sp³-hybridized carbons (Fsp3) is 1.00. The molecule has 0 aromatic carbocycles. The second-order valence-corrected chi connectivity index (χ2v) is 2.54. The maximum atomic E-state index is 8.40. The quantitative estimate of drug-likeness (QED) is 0.363. The molecule has 0 aromatic rings. The van der Waals surface area contributed by atoms with Crippen LogP contribution in [0.5, 0.6) is 0 Å². The van der Waals surface area contributed by atoms with Crippen LogP contribution in [0.2, 0.25) is 0 Å². The van der Waals surface area contributed by atoms with Crippen LogP contribution in [0.3, 0.4) is 0 Å². The average Bonchev–Trinajstić information content (AvgIpc) is 2.13. The Labute approximate surface area is 81.4 Å². The van der Waals surface area contributed by atoms with E-state index in [4.69, 9.17) is 14.7 Å². The molecule has 0 aliphatic carbocycles. The molecule has 6 heteroatoms. The fourth-order valence-corrected chi connectivity index (χ4v) is 0.706. The summed E-state index contributed by atoms with van der Waals surface area (Å²) in [5.74, 6) is 0. The van der Waals surface area contributed by atoms with Gasteiger partial charge in [-0.05, 0) is 13.0 Å². The first kappa shape index (κ1) is 15.2. The summed E-state index contributed by atoms with van der Waals surface area (Å²) in [5.41, 5.74) is 5.29. The van der Waals surface area contributed by atoms with Crippen LogP contribution in [0, 0.1) is 0 Å². The van der Waals surface area contributed by atoms with Crippen molar-refractivity contribution in [2.24, 2.45) is 5.73 Å². The van der Waals surface area contributed by atoms with Crippen LogP contribution in [-0.2, 0) is 8.92 Å². The van der Waals surface area contributed by atoms with Crippen molar-refractivity contribution in [2.75, 3.05) is 32.7 Å². The Morgan fingerprint density at radius 2 is 1.54 bits per heavy atom. The Bertz CT molecular complexity index is 110. The van der Waals surface area contributed by atoms with E-state index >= 15 is 0 Å². The third kappa shape index (κ3) is 24.5. The zero-order valence-corrected chi connectivity index (χ0v) is 9.14. The lowest BCUT2D eigenvalue weighted by Gasteiger charge is -2.03. The van der Waals surface area contributed by atoms with Crippen molar-refractivity contribution in [2.45, 2.75) is 13.3 Å². The lowest BCUT2D eigenvalue weighted by atomic mass is 10.4. The number of hydrogen-bond donors (Lipinski definition) is 3. The largest absolute Gasteiger partial charge is 0.549 e. The molecule has 0 bridgehead atoms. The highest BCUT2D eigenvalue weighted by Crippen LogP contribution is 1.67. The molecular weight excluding hydrogens is 186 g/mol. The number of rotatable bonds is 7. The predicted molar refractivity (Wildman–Crippen MR) is 52.2 cm³/mol. The van der Waals surface area contributed by atoms with Gasteiger partial charge in [-0.25, -0.2) is 0 Å².